The second-order valence-corrected chi connectivity index (χ2v) is 2.79. The first-order chi connectivity index (χ1) is 6.15. The van der Waals surface area contributed by atoms with Crippen LogP contribution in [0.3, 0.4) is 0 Å². The Kier molecular flexibility index (Phi) is 2.74. The van der Waals surface area contributed by atoms with Crippen LogP contribution >= 0.6 is 0 Å². The third-order valence-electron chi connectivity index (χ3n) is 1.56. The summed E-state index contributed by atoms with van der Waals surface area (Å²) in [4.78, 5) is 26.8. The molecule has 0 radical (unpaired) electrons. The number of hydrogen-bond donors (Lipinski definition) is 0. The molecule has 0 bridgehead atoms. The number of aromatic nitrogens is 1. The van der Waals surface area contributed by atoms with Crippen LogP contribution in [0.4, 0.5) is 0 Å². The molecule has 68 valence electrons. The molecule has 0 aliphatic rings. The highest BCUT2D eigenvalue weighted by atomic mass is 16.2. The van der Waals surface area contributed by atoms with Crippen molar-refractivity contribution >= 4 is 12.2 Å². The maximum absolute atomic E-state index is 11.3. The molecule has 0 atom stereocenters. The average molecular weight is 178 g/mol. The molecule has 0 N–H and O–H groups in total. The van der Waals surface area contributed by atoms with Gasteiger partial charge in [-0.15, -0.1) is 0 Å². The van der Waals surface area contributed by atoms with Gasteiger partial charge in [-0.05, 0) is 12.1 Å². The van der Waals surface area contributed by atoms with Gasteiger partial charge in [-0.3, -0.25) is 14.6 Å². The zero-order valence-electron chi connectivity index (χ0n) is 7.52. The Hall–Kier alpha value is -1.71. The molecule has 1 aromatic heterocycles. The quantitative estimate of drug-likeness (QED) is 0.623. The Morgan fingerprint density at radius 3 is 2.54 bits per heavy atom. The number of pyridine rings is 1. The number of aldehydes is 1. The monoisotopic (exact) mass is 178 g/mol. The van der Waals surface area contributed by atoms with Gasteiger partial charge in [0.25, 0.3) is 5.91 Å². The van der Waals surface area contributed by atoms with Gasteiger partial charge in [0.2, 0.25) is 0 Å². The zero-order chi connectivity index (χ0) is 9.84. The first kappa shape index (κ1) is 9.38. The molecule has 1 rings (SSSR count). The van der Waals surface area contributed by atoms with Gasteiger partial charge in [-0.1, -0.05) is 0 Å². The van der Waals surface area contributed by atoms with Crippen molar-refractivity contribution < 1.29 is 9.59 Å². The van der Waals surface area contributed by atoms with Crippen LogP contribution in [0.5, 0.6) is 0 Å². The third kappa shape index (κ3) is 2.11. The lowest BCUT2D eigenvalue weighted by atomic mass is 10.2. The lowest BCUT2D eigenvalue weighted by Crippen LogP contribution is -2.21. The molecule has 0 aliphatic heterocycles. The summed E-state index contributed by atoms with van der Waals surface area (Å²) in [5.74, 6) is -0.120. The van der Waals surface area contributed by atoms with Crippen LogP contribution in [0.15, 0.2) is 18.3 Å². The predicted molar refractivity (Wildman–Crippen MR) is 47.6 cm³/mol. The van der Waals surface area contributed by atoms with Crippen LogP contribution in [-0.4, -0.2) is 36.2 Å². The Morgan fingerprint density at radius 2 is 2.15 bits per heavy atom. The number of nitrogens with zero attached hydrogens (tertiary/aromatic N) is 2. The number of hydrogen-bond acceptors (Lipinski definition) is 3. The Bertz CT molecular complexity index is 317. The summed E-state index contributed by atoms with van der Waals surface area (Å²) in [7, 11) is 3.33. The van der Waals surface area contributed by atoms with Gasteiger partial charge in [0.15, 0.2) is 6.29 Å². The zero-order valence-corrected chi connectivity index (χ0v) is 7.52. The molecule has 1 amide bonds. The summed E-state index contributed by atoms with van der Waals surface area (Å²) >= 11 is 0. The summed E-state index contributed by atoms with van der Waals surface area (Å²) in [5, 5.41) is 0. The molecule has 13 heavy (non-hydrogen) atoms. The number of carbonyl (C=O) groups is 2. The highest BCUT2D eigenvalue weighted by molar-refractivity contribution is 5.93. The molecule has 0 aliphatic carbocycles. The first-order valence-electron chi connectivity index (χ1n) is 3.78. The Labute approximate surface area is 76.2 Å². The van der Waals surface area contributed by atoms with Gasteiger partial charge in [0, 0.05) is 20.3 Å². The summed E-state index contributed by atoms with van der Waals surface area (Å²) in [5.41, 5.74) is 0.811. The van der Waals surface area contributed by atoms with Gasteiger partial charge >= 0.3 is 0 Å². The van der Waals surface area contributed by atoms with Crippen molar-refractivity contribution in [2.75, 3.05) is 14.1 Å². The van der Waals surface area contributed by atoms with E-state index in [1.54, 1.807) is 20.2 Å². The van der Waals surface area contributed by atoms with Gasteiger partial charge in [0.1, 0.15) is 5.69 Å². The van der Waals surface area contributed by atoms with Crippen LogP contribution in [0, 0.1) is 0 Å². The standard InChI is InChI=1S/C9H10N2O2/c1-11(2)9(13)7-3-4-8(6-12)10-5-7/h3-6H,1-2H3. The molecule has 1 heterocycles. The highest BCUT2D eigenvalue weighted by Gasteiger charge is 2.07. The van der Waals surface area contributed by atoms with Crippen molar-refractivity contribution in [3.8, 4) is 0 Å². The molecule has 0 aromatic carbocycles. The van der Waals surface area contributed by atoms with E-state index in [0.717, 1.165) is 0 Å². The molecule has 0 fully saturated rings. The summed E-state index contributed by atoms with van der Waals surface area (Å²) in [6, 6.07) is 3.10. The molecule has 4 nitrogen and oxygen atoms in total. The van der Waals surface area contributed by atoms with Crippen LogP contribution in [0.1, 0.15) is 20.8 Å². The van der Waals surface area contributed by atoms with Gasteiger partial charge in [0.05, 0.1) is 5.56 Å². The van der Waals surface area contributed by atoms with Crippen molar-refractivity contribution in [3.05, 3.63) is 29.6 Å². The van der Waals surface area contributed by atoms with Gasteiger partial charge < -0.3 is 4.90 Å². The van der Waals surface area contributed by atoms with Gasteiger partial charge in [-0.25, -0.2) is 0 Å². The van der Waals surface area contributed by atoms with Crippen molar-refractivity contribution in [1.29, 1.82) is 0 Å². The molecule has 4 heteroatoms. The minimum Gasteiger partial charge on any atom is -0.345 e. The van der Waals surface area contributed by atoms with E-state index < -0.39 is 0 Å². The van der Waals surface area contributed by atoms with Crippen LogP contribution in [0.2, 0.25) is 0 Å². The Morgan fingerprint density at radius 1 is 1.46 bits per heavy atom. The van der Waals surface area contributed by atoms with E-state index in [4.69, 9.17) is 0 Å². The van der Waals surface area contributed by atoms with E-state index >= 15 is 0 Å². The van der Waals surface area contributed by atoms with Crippen molar-refractivity contribution in [2.24, 2.45) is 0 Å². The van der Waals surface area contributed by atoms with E-state index in [9.17, 15) is 9.59 Å². The smallest absolute Gasteiger partial charge is 0.254 e. The van der Waals surface area contributed by atoms with Crippen LogP contribution in [0.25, 0.3) is 0 Å². The maximum atomic E-state index is 11.3. The second kappa shape index (κ2) is 3.80. The van der Waals surface area contributed by atoms with E-state index in [-0.39, 0.29) is 5.91 Å². The summed E-state index contributed by atoms with van der Waals surface area (Å²) in [6.07, 6.45) is 2.04. The average Bonchev–Trinajstić information content (AvgIpc) is 2.17. The van der Waals surface area contributed by atoms with Crippen LogP contribution < -0.4 is 0 Å². The second-order valence-electron chi connectivity index (χ2n) is 2.79. The van der Waals surface area contributed by atoms with Crippen molar-refractivity contribution in [1.82, 2.24) is 9.88 Å². The lowest BCUT2D eigenvalue weighted by molar-refractivity contribution is 0.0826. The predicted octanol–water partition coefficient (Wildman–Crippen LogP) is 0.596. The third-order valence-corrected chi connectivity index (χ3v) is 1.56. The fourth-order valence-corrected chi connectivity index (χ4v) is 0.860. The highest BCUT2D eigenvalue weighted by Crippen LogP contribution is 2.01. The molecular weight excluding hydrogens is 168 g/mol. The fraction of sp³-hybridized carbons (Fsp3) is 0.222. The van der Waals surface area contributed by atoms with E-state index in [0.29, 0.717) is 17.5 Å². The van der Waals surface area contributed by atoms with E-state index in [1.807, 2.05) is 0 Å². The number of amides is 1. The molecule has 1 aromatic rings. The topological polar surface area (TPSA) is 50.3 Å². The largest absolute Gasteiger partial charge is 0.345 e. The van der Waals surface area contributed by atoms with Crippen molar-refractivity contribution in [2.45, 2.75) is 0 Å². The summed E-state index contributed by atoms with van der Waals surface area (Å²) < 4.78 is 0. The minimum atomic E-state index is -0.120. The fourth-order valence-electron chi connectivity index (χ4n) is 0.860. The molecule has 0 saturated heterocycles. The van der Waals surface area contributed by atoms with Gasteiger partial charge in [-0.2, -0.15) is 0 Å². The molecule has 0 saturated carbocycles. The first-order valence-corrected chi connectivity index (χ1v) is 3.78. The van der Waals surface area contributed by atoms with Crippen LogP contribution in [-0.2, 0) is 0 Å². The molecular formula is C9H10N2O2. The molecule has 0 spiro atoms. The summed E-state index contributed by atoms with van der Waals surface area (Å²) in [6.45, 7) is 0. The normalized spacial score (nSPS) is 9.38. The Balaban J connectivity index is 2.92. The maximum Gasteiger partial charge on any atom is 0.254 e. The minimum absolute atomic E-state index is 0.120. The lowest BCUT2D eigenvalue weighted by Gasteiger charge is -2.09. The van der Waals surface area contributed by atoms with E-state index in [1.165, 1.54) is 17.2 Å². The molecule has 0 unspecified atom stereocenters. The number of carbonyl (C=O) groups excluding carboxylic acids is 2. The van der Waals surface area contributed by atoms with E-state index in [2.05, 4.69) is 4.98 Å². The SMILES string of the molecule is CN(C)C(=O)c1ccc(C=O)nc1. The number of rotatable bonds is 2. The van der Waals surface area contributed by atoms with Crippen molar-refractivity contribution in [3.63, 3.8) is 0 Å².